The third-order valence-corrected chi connectivity index (χ3v) is 3.83. The van der Waals surface area contributed by atoms with E-state index in [1.165, 1.54) is 23.8 Å². The second-order valence-electron chi connectivity index (χ2n) is 5.26. The monoisotopic (exact) mass is 260 g/mol. The molecule has 1 heterocycles. The van der Waals surface area contributed by atoms with E-state index in [2.05, 4.69) is 37.9 Å². The van der Waals surface area contributed by atoms with Gasteiger partial charge in [-0.3, -0.25) is 4.90 Å². The topological polar surface area (TPSA) is 42.4 Å². The van der Waals surface area contributed by atoms with Crippen LogP contribution in [0.1, 0.15) is 38.0 Å². The second-order valence-corrected chi connectivity index (χ2v) is 5.26. The van der Waals surface area contributed by atoms with E-state index in [0.717, 1.165) is 17.9 Å². The maximum absolute atomic E-state index is 5.84. The van der Waals surface area contributed by atoms with Crippen LogP contribution in [-0.2, 0) is 13.1 Å². The molecule has 19 heavy (non-hydrogen) atoms. The molecule has 0 amide bonds. The van der Waals surface area contributed by atoms with Crippen molar-refractivity contribution in [2.75, 3.05) is 7.05 Å². The number of rotatable bonds is 6. The van der Waals surface area contributed by atoms with Gasteiger partial charge >= 0.3 is 0 Å². The molecule has 0 saturated heterocycles. The van der Waals surface area contributed by atoms with Gasteiger partial charge < -0.3 is 10.2 Å². The van der Waals surface area contributed by atoms with Gasteiger partial charge in [0.1, 0.15) is 11.3 Å². The van der Waals surface area contributed by atoms with E-state index >= 15 is 0 Å². The summed E-state index contributed by atoms with van der Waals surface area (Å²) >= 11 is 0. The van der Waals surface area contributed by atoms with Crippen molar-refractivity contribution >= 4 is 11.0 Å². The zero-order valence-corrected chi connectivity index (χ0v) is 12.1. The zero-order chi connectivity index (χ0) is 13.8. The van der Waals surface area contributed by atoms with Crippen molar-refractivity contribution in [2.45, 2.75) is 45.8 Å². The number of nitrogens with two attached hydrogens (primary N) is 1. The maximum Gasteiger partial charge on any atom is 0.134 e. The molecule has 1 aromatic heterocycles. The molecule has 1 unspecified atom stereocenters. The van der Waals surface area contributed by atoms with Crippen molar-refractivity contribution in [3.63, 3.8) is 0 Å². The van der Waals surface area contributed by atoms with E-state index in [-0.39, 0.29) is 0 Å². The molecule has 1 atom stereocenters. The lowest BCUT2D eigenvalue weighted by Crippen LogP contribution is -2.28. The molecule has 1 aromatic carbocycles. The molecule has 0 radical (unpaired) electrons. The summed E-state index contributed by atoms with van der Waals surface area (Å²) in [7, 11) is 2.17. The minimum absolute atomic E-state index is 0.458. The Morgan fingerprint density at radius 2 is 2.05 bits per heavy atom. The van der Waals surface area contributed by atoms with Crippen molar-refractivity contribution in [2.24, 2.45) is 5.73 Å². The Labute approximate surface area is 115 Å². The zero-order valence-electron chi connectivity index (χ0n) is 12.1. The minimum Gasteiger partial charge on any atom is -0.459 e. The van der Waals surface area contributed by atoms with Crippen molar-refractivity contribution < 1.29 is 4.42 Å². The average Bonchev–Trinajstić information content (AvgIpc) is 2.77. The van der Waals surface area contributed by atoms with E-state index in [0.29, 0.717) is 12.6 Å². The first-order valence-electron chi connectivity index (χ1n) is 7.07. The summed E-state index contributed by atoms with van der Waals surface area (Å²) in [6, 6.07) is 8.75. The summed E-state index contributed by atoms with van der Waals surface area (Å²) in [6.45, 7) is 5.85. The van der Waals surface area contributed by atoms with Crippen molar-refractivity contribution in [3.05, 3.63) is 35.6 Å². The van der Waals surface area contributed by atoms with Crippen LogP contribution < -0.4 is 5.73 Å². The number of fused-ring (bicyclic) bond motifs is 1. The fraction of sp³-hybridized carbons (Fsp3) is 0.500. The number of para-hydroxylation sites is 1. The summed E-state index contributed by atoms with van der Waals surface area (Å²) in [5.74, 6) is 0.914. The van der Waals surface area contributed by atoms with Crippen LogP contribution >= 0.6 is 0 Å². The standard InChI is InChI=1S/C16H24N2O/c1-4-7-12(2)18(3)11-14-13-8-5-6-9-15(13)19-16(14)10-17/h5-6,8-9,12H,4,7,10-11,17H2,1-3H3. The van der Waals surface area contributed by atoms with Crippen LogP contribution in [0.25, 0.3) is 11.0 Å². The van der Waals surface area contributed by atoms with Crippen LogP contribution in [0.5, 0.6) is 0 Å². The van der Waals surface area contributed by atoms with Crippen molar-refractivity contribution in [1.82, 2.24) is 4.90 Å². The van der Waals surface area contributed by atoms with E-state index in [4.69, 9.17) is 10.2 Å². The molecule has 0 aliphatic carbocycles. The van der Waals surface area contributed by atoms with Crippen LogP contribution in [0, 0.1) is 0 Å². The SMILES string of the molecule is CCCC(C)N(C)Cc1c(CN)oc2ccccc12. The number of nitrogens with zero attached hydrogens (tertiary/aromatic N) is 1. The Hall–Kier alpha value is -1.32. The fourth-order valence-electron chi connectivity index (χ4n) is 2.53. The number of hydrogen-bond donors (Lipinski definition) is 1. The number of benzene rings is 1. The van der Waals surface area contributed by atoms with Gasteiger partial charge in [-0.05, 0) is 26.5 Å². The minimum atomic E-state index is 0.458. The lowest BCUT2D eigenvalue weighted by molar-refractivity contribution is 0.236. The Kier molecular flexibility index (Phi) is 4.61. The van der Waals surface area contributed by atoms with Gasteiger partial charge in [-0.2, -0.15) is 0 Å². The predicted molar refractivity (Wildman–Crippen MR) is 79.9 cm³/mol. The average molecular weight is 260 g/mol. The van der Waals surface area contributed by atoms with Gasteiger partial charge in [-0.25, -0.2) is 0 Å². The highest BCUT2D eigenvalue weighted by Gasteiger charge is 2.16. The fourth-order valence-corrected chi connectivity index (χ4v) is 2.53. The molecule has 0 spiro atoms. The second kappa shape index (κ2) is 6.22. The smallest absolute Gasteiger partial charge is 0.134 e. The van der Waals surface area contributed by atoms with E-state index in [1.54, 1.807) is 0 Å². The number of hydrogen-bond acceptors (Lipinski definition) is 3. The van der Waals surface area contributed by atoms with Gasteiger partial charge in [0, 0.05) is 23.5 Å². The molecule has 0 bridgehead atoms. The van der Waals surface area contributed by atoms with Gasteiger partial charge in [-0.1, -0.05) is 31.5 Å². The molecule has 2 aromatic rings. The van der Waals surface area contributed by atoms with E-state index in [9.17, 15) is 0 Å². The van der Waals surface area contributed by atoms with Crippen LogP contribution in [0.3, 0.4) is 0 Å². The molecule has 104 valence electrons. The summed E-state index contributed by atoms with van der Waals surface area (Å²) in [5, 5.41) is 1.19. The summed E-state index contributed by atoms with van der Waals surface area (Å²) in [5.41, 5.74) is 7.99. The lowest BCUT2D eigenvalue weighted by atomic mass is 10.1. The molecule has 0 aliphatic heterocycles. The molecule has 0 saturated carbocycles. The third kappa shape index (κ3) is 2.99. The molecule has 3 nitrogen and oxygen atoms in total. The lowest BCUT2D eigenvalue weighted by Gasteiger charge is -2.24. The highest BCUT2D eigenvalue weighted by molar-refractivity contribution is 5.82. The van der Waals surface area contributed by atoms with E-state index in [1.807, 2.05) is 12.1 Å². The largest absolute Gasteiger partial charge is 0.459 e. The van der Waals surface area contributed by atoms with Crippen molar-refractivity contribution in [3.8, 4) is 0 Å². The molecule has 2 rings (SSSR count). The first-order valence-corrected chi connectivity index (χ1v) is 7.07. The normalized spacial score (nSPS) is 13.3. The van der Waals surface area contributed by atoms with Gasteiger partial charge in [0.2, 0.25) is 0 Å². The van der Waals surface area contributed by atoms with Crippen LogP contribution in [0.2, 0.25) is 0 Å². The van der Waals surface area contributed by atoms with Gasteiger partial charge in [0.05, 0.1) is 6.54 Å². The first-order chi connectivity index (χ1) is 9.17. The molecule has 3 heteroatoms. The summed E-state index contributed by atoms with van der Waals surface area (Å²) < 4.78 is 5.84. The third-order valence-electron chi connectivity index (χ3n) is 3.83. The van der Waals surface area contributed by atoms with Gasteiger partial charge in [0.25, 0.3) is 0 Å². The molecular weight excluding hydrogens is 236 g/mol. The van der Waals surface area contributed by atoms with Crippen LogP contribution in [0.4, 0.5) is 0 Å². The highest BCUT2D eigenvalue weighted by Crippen LogP contribution is 2.27. The summed E-state index contributed by atoms with van der Waals surface area (Å²) in [6.07, 6.45) is 2.42. The van der Waals surface area contributed by atoms with Crippen LogP contribution in [0.15, 0.2) is 28.7 Å². The molecular formula is C16H24N2O. The maximum atomic E-state index is 5.84. The van der Waals surface area contributed by atoms with Gasteiger partial charge in [-0.15, -0.1) is 0 Å². The highest BCUT2D eigenvalue weighted by atomic mass is 16.3. The summed E-state index contributed by atoms with van der Waals surface area (Å²) in [4.78, 5) is 2.37. The Morgan fingerprint density at radius 3 is 2.74 bits per heavy atom. The number of furan rings is 1. The van der Waals surface area contributed by atoms with Crippen LogP contribution in [-0.4, -0.2) is 18.0 Å². The van der Waals surface area contributed by atoms with Crippen molar-refractivity contribution in [1.29, 1.82) is 0 Å². The molecule has 0 fully saturated rings. The van der Waals surface area contributed by atoms with Gasteiger partial charge in [0.15, 0.2) is 0 Å². The molecule has 2 N–H and O–H groups in total. The Bertz CT molecular complexity index is 533. The first kappa shape index (κ1) is 14.1. The predicted octanol–water partition coefficient (Wildman–Crippen LogP) is 3.51. The van der Waals surface area contributed by atoms with E-state index < -0.39 is 0 Å². The Balaban J connectivity index is 2.28. The quantitative estimate of drug-likeness (QED) is 0.864. The Morgan fingerprint density at radius 1 is 1.32 bits per heavy atom. The molecule has 0 aliphatic rings.